The Labute approximate surface area is 216 Å². The first-order chi connectivity index (χ1) is 18.4. The van der Waals surface area contributed by atoms with E-state index in [1.165, 1.54) is 18.4 Å². The molecule has 10 heteroatoms. The molecule has 0 atom stereocenters. The van der Waals surface area contributed by atoms with Gasteiger partial charge < -0.3 is 23.4 Å². The average molecular weight is 523 g/mol. The van der Waals surface area contributed by atoms with Crippen LogP contribution in [0, 0.1) is 0 Å². The van der Waals surface area contributed by atoms with E-state index >= 15 is 0 Å². The van der Waals surface area contributed by atoms with Gasteiger partial charge in [0.05, 0.1) is 5.56 Å². The molecule has 1 N–H and O–H groups in total. The largest absolute Gasteiger partial charge is 0.487 e. The minimum Gasteiger partial charge on any atom is -0.487 e. The van der Waals surface area contributed by atoms with Crippen LogP contribution >= 0.6 is 0 Å². The van der Waals surface area contributed by atoms with Crippen molar-refractivity contribution >= 4 is 23.1 Å². The van der Waals surface area contributed by atoms with E-state index in [0.29, 0.717) is 28.7 Å². The predicted molar refractivity (Wildman–Crippen MR) is 136 cm³/mol. The van der Waals surface area contributed by atoms with E-state index in [2.05, 4.69) is 14.5 Å². The highest BCUT2D eigenvalue weighted by molar-refractivity contribution is 5.81. The van der Waals surface area contributed by atoms with Gasteiger partial charge in [0.15, 0.2) is 0 Å². The zero-order valence-corrected chi connectivity index (χ0v) is 20.3. The van der Waals surface area contributed by atoms with Gasteiger partial charge in [-0.3, -0.25) is 0 Å². The number of nitrogens with zero attached hydrogens (tertiary/aromatic N) is 4. The molecule has 0 bridgehead atoms. The standard InChI is InChI=1S/C28H25F3N4O3/c29-28(30,31)22-5-2-20(3-6-22)4-9-27-33-23(19-38-27)18-37-24-7-8-25-21(16-24)10-14-34(25)12-1-13-35-15-11-32-26(35)17-36/h2-11,14-16,19,36H,1,12-13,17-18H2/b9-4+. The Morgan fingerprint density at radius 1 is 0.974 bits per heavy atom. The molecule has 0 aliphatic carbocycles. The van der Waals surface area contributed by atoms with Crippen LogP contribution in [0.5, 0.6) is 5.75 Å². The minimum absolute atomic E-state index is 0.0721. The number of aliphatic hydroxyl groups is 1. The van der Waals surface area contributed by atoms with Gasteiger partial charge in [-0.2, -0.15) is 13.2 Å². The second-order valence-electron chi connectivity index (χ2n) is 8.70. The number of alkyl halides is 3. The van der Waals surface area contributed by atoms with Crippen LogP contribution < -0.4 is 4.74 Å². The van der Waals surface area contributed by atoms with Gasteiger partial charge in [-0.05, 0) is 54.5 Å². The maximum atomic E-state index is 12.7. The molecule has 0 unspecified atom stereocenters. The molecule has 0 aliphatic heterocycles. The van der Waals surface area contributed by atoms with Crippen LogP contribution in [0.15, 0.2) is 77.8 Å². The number of aromatic nitrogens is 4. The van der Waals surface area contributed by atoms with E-state index in [-0.39, 0.29) is 13.2 Å². The molecule has 5 aromatic rings. The Kier molecular flexibility index (Phi) is 7.32. The number of hydrogen-bond acceptors (Lipinski definition) is 5. The molecule has 3 aromatic heterocycles. The number of rotatable bonds is 10. The van der Waals surface area contributed by atoms with E-state index < -0.39 is 11.7 Å². The molecule has 0 saturated carbocycles. The number of oxazole rings is 1. The summed E-state index contributed by atoms with van der Waals surface area (Å²) >= 11 is 0. The van der Waals surface area contributed by atoms with Crippen molar-refractivity contribution in [2.45, 2.75) is 38.9 Å². The predicted octanol–water partition coefficient (Wildman–Crippen LogP) is 6.18. The Morgan fingerprint density at radius 2 is 1.79 bits per heavy atom. The molecule has 0 aliphatic rings. The summed E-state index contributed by atoms with van der Waals surface area (Å²) in [6.45, 7) is 1.74. The maximum absolute atomic E-state index is 12.7. The van der Waals surface area contributed by atoms with Crippen molar-refractivity contribution in [3.63, 3.8) is 0 Å². The molecule has 0 radical (unpaired) electrons. The summed E-state index contributed by atoms with van der Waals surface area (Å²) in [6, 6.07) is 12.8. The Hall–Kier alpha value is -4.31. The van der Waals surface area contributed by atoms with Crippen LogP contribution in [-0.2, 0) is 32.5 Å². The molecule has 2 aromatic carbocycles. The Morgan fingerprint density at radius 3 is 2.58 bits per heavy atom. The van der Waals surface area contributed by atoms with Crippen molar-refractivity contribution < 1.29 is 27.4 Å². The molecular weight excluding hydrogens is 497 g/mol. The highest BCUT2D eigenvalue weighted by atomic mass is 19.4. The van der Waals surface area contributed by atoms with E-state index in [0.717, 1.165) is 42.5 Å². The van der Waals surface area contributed by atoms with E-state index in [1.807, 2.05) is 41.2 Å². The first kappa shape index (κ1) is 25.3. The molecule has 38 heavy (non-hydrogen) atoms. The van der Waals surface area contributed by atoms with Crippen LogP contribution in [0.3, 0.4) is 0 Å². The van der Waals surface area contributed by atoms with Gasteiger partial charge in [0.1, 0.15) is 36.7 Å². The molecule has 0 fully saturated rings. The van der Waals surface area contributed by atoms with Gasteiger partial charge in [-0.1, -0.05) is 12.1 Å². The SMILES string of the molecule is OCc1nccn1CCCn1ccc2cc(OCc3coc(/C=C/c4ccc(C(F)(F)F)cc4)n3)ccc21. The summed E-state index contributed by atoms with van der Waals surface area (Å²) in [6.07, 6.45) is 6.86. The number of benzene rings is 2. The van der Waals surface area contributed by atoms with Crippen molar-refractivity contribution in [3.05, 3.63) is 102 Å². The number of aryl methyl sites for hydroxylation is 2. The minimum atomic E-state index is -4.36. The summed E-state index contributed by atoms with van der Waals surface area (Å²) in [4.78, 5) is 8.47. The summed E-state index contributed by atoms with van der Waals surface area (Å²) in [5.41, 5.74) is 1.60. The Balaban J connectivity index is 1.14. The van der Waals surface area contributed by atoms with E-state index in [4.69, 9.17) is 9.15 Å². The topological polar surface area (TPSA) is 78.2 Å². The van der Waals surface area contributed by atoms with E-state index in [9.17, 15) is 18.3 Å². The fourth-order valence-electron chi connectivity index (χ4n) is 4.14. The number of fused-ring (bicyclic) bond motifs is 1. The Bertz CT molecular complexity index is 1530. The molecule has 5 rings (SSSR count). The molecular formula is C28H25F3N4O3. The van der Waals surface area contributed by atoms with Crippen LogP contribution in [0.1, 0.15) is 35.0 Å². The number of ether oxygens (including phenoxy) is 1. The number of aliphatic hydroxyl groups excluding tert-OH is 1. The van der Waals surface area contributed by atoms with Crippen molar-refractivity contribution in [1.82, 2.24) is 19.1 Å². The lowest BCUT2D eigenvalue weighted by atomic mass is 10.1. The van der Waals surface area contributed by atoms with Gasteiger partial charge >= 0.3 is 6.18 Å². The van der Waals surface area contributed by atoms with Crippen molar-refractivity contribution in [2.24, 2.45) is 0 Å². The van der Waals surface area contributed by atoms with Gasteiger partial charge in [-0.25, -0.2) is 9.97 Å². The monoisotopic (exact) mass is 522 g/mol. The molecule has 7 nitrogen and oxygen atoms in total. The average Bonchev–Trinajstić information content (AvgIpc) is 3.66. The second-order valence-corrected chi connectivity index (χ2v) is 8.70. The molecule has 3 heterocycles. The van der Waals surface area contributed by atoms with Gasteiger partial charge in [0, 0.05) is 48.7 Å². The van der Waals surface area contributed by atoms with Gasteiger partial charge in [0.2, 0.25) is 5.89 Å². The summed E-state index contributed by atoms with van der Waals surface area (Å²) in [5.74, 6) is 1.70. The van der Waals surface area contributed by atoms with Crippen LogP contribution in [0.2, 0.25) is 0 Å². The number of imidazole rings is 1. The zero-order valence-electron chi connectivity index (χ0n) is 20.3. The van der Waals surface area contributed by atoms with Crippen LogP contribution in [0.25, 0.3) is 23.1 Å². The number of hydrogen-bond donors (Lipinski definition) is 1. The lowest BCUT2D eigenvalue weighted by Gasteiger charge is -2.09. The van der Waals surface area contributed by atoms with Gasteiger partial charge in [-0.15, -0.1) is 0 Å². The molecule has 0 amide bonds. The van der Waals surface area contributed by atoms with Crippen molar-refractivity contribution in [3.8, 4) is 5.75 Å². The first-order valence-corrected chi connectivity index (χ1v) is 12.0. The van der Waals surface area contributed by atoms with Crippen LogP contribution in [-0.4, -0.2) is 24.2 Å². The fraction of sp³-hybridized carbons (Fsp3) is 0.214. The normalized spacial score (nSPS) is 12.1. The molecule has 0 saturated heterocycles. The first-order valence-electron chi connectivity index (χ1n) is 12.0. The summed E-state index contributed by atoms with van der Waals surface area (Å²) < 4.78 is 53.5. The summed E-state index contributed by atoms with van der Waals surface area (Å²) in [7, 11) is 0. The van der Waals surface area contributed by atoms with Crippen molar-refractivity contribution in [2.75, 3.05) is 0 Å². The highest BCUT2D eigenvalue weighted by Crippen LogP contribution is 2.29. The summed E-state index contributed by atoms with van der Waals surface area (Å²) in [5, 5.41) is 10.4. The third kappa shape index (κ3) is 5.97. The second kappa shape index (κ2) is 11.0. The van der Waals surface area contributed by atoms with Crippen molar-refractivity contribution in [1.29, 1.82) is 0 Å². The maximum Gasteiger partial charge on any atom is 0.416 e. The molecule has 196 valence electrons. The third-order valence-corrected chi connectivity index (χ3v) is 6.10. The zero-order chi connectivity index (χ0) is 26.5. The van der Waals surface area contributed by atoms with Crippen LogP contribution in [0.4, 0.5) is 13.2 Å². The molecule has 0 spiro atoms. The highest BCUT2D eigenvalue weighted by Gasteiger charge is 2.29. The number of halogens is 3. The third-order valence-electron chi connectivity index (χ3n) is 6.10. The van der Waals surface area contributed by atoms with Gasteiger partial charge in [0.25, 0.3) is 0 Å². The van der Waals surface area contributed by atoms with E-state index in [1.54, 1.807) is 18.3 Å². The quantitative estimate of drug-likeness (QED) is 0.237. The smallest absolute Gasteiger partial charge is 0.416 e. The lowest BCUT2D eigenvalue weighted by Crippen LogP contribution is -2.06. The lowest BCUT2D eigenvalue weighted by molar-refractivity contribution is -0.137. The fourth-order valence-corrected chi connectivity index (χ4v) is 4.14.